The Kier molecular flexibility index (Phi) is 3.99. The summed E-state index contributed by atoms with van der Waals surface area (Å²) in [7, 11) is 0. The van der Waals surface area contributed by atoms with E-state index in [1.165, 1.54) is 23.1 Å². The Morgan fingerprint density at radius 2 is 2.46 bits per heavy atom. The Hall–Kier alpha value is -0.800. The van der Waals surface area contributed by atoms with Crippen LogP contribution in [0.5, 0.6) is 0 Å². The van der Waals surface area contributed by atoms with E-state index < -0.39 is 0 Å². The van der Waals surface area contributed by atoms with Crippen LogP contribution in [-0.2, 0) is 0 Å². The molecule has 1 rings (SSSR count). The molecule has 0 spiro atoms. The molecule has 1 aromatic heterocycles. The van der Waals surface area contributed by atoms with Gasteiger partial charge in [-0.1, -0.05) is 23.1 Å². The molecule has 0 aliphatic rings. The van der Waals surface area contributed by atoms with Gasteiger partial charge in [0.1, 0.15) is 0 Å². The number of anilines is 1. The van der Waals surface area contributed by atoms with Crippen molar-refractivity contribution in [1.29, 1.82) is 5.26 Å². The van der Waals surface area contributed by atoms with Gasteiger partial charge in [0.2, 0.25) is 5.13 Å². The molecule has 13 heavy (non-hydrogen) atoms. The third-order valence-corrected chi connectivity index (χ3v) is 3.15. The normalized spacial score (nSPS) is 12.1. The van der Waals surface area contributed by atoms with E-state index in [4.69, 9.17) is 5.26 Å². The molecule has 6 heteroatoms. The van der Waals surface area contributed by atoms with Gasteiger partial charge in [-0.15, -0.1) is 10.2 Å². The summed E-state index contributed by atoms with van der Waals surface area (Å²) >= 11 is 2.91. The van der Waals surface area contributed by atoms with Crippen LogP contribution in [0.15, 0.2) is 4.34 Å². The molecule has 1 heterocycles. The summed E-state index contributed by atoms with van der Waals surface area (Å²) in [6.07, 6.45) is 0. The van der Waals surface area contributed by atoms with E-state index in [1.807, 2.05) is 13.8 Å². The molecule has 0 radical (unpaired) electrons. The van der Waals surface area contributed by atoms with Gasteiger partial charge in [-0.2, -0.15) is 5.26 Å². The minimum absolute atomic E-state index is 0.0672. The fraction of sp³-hybridized carbons (Fsp3) is 0.571. The van der Waals surface area contributed by atoms with E-state index >= 15 is 0 Å². The predicted octanol–water partition coefficient (Wildman–Crippen LogP) is 1.97. The zero-order valence-electron chi connectivity index (χ0n) is 7.44. The standard InChI is InChI=1S/C7H10N4S2/c1-3-9-6-10-11-7(13-6)12-5(2)4-8/h5H,3H2,1-2H3,(H,9,10)/t5-/m1/s1. The summed E-state index contributed by atoms with van der Waals surface area (Å²) in [6, 6.07) is 2.14. The fourth-order valence-corrected chi connectivity index (χ4v) is 2.51. The summed E-state index contributed by atoms with van der Waals surface area (Å²) in [4.78, 5) is 0. The van der Waals surface area contributed by atoms with Crippen LogP contribution in [0.2, 0.25) is 0 Å². The second-order valence-electron chi connectivity index (χ2n) is 2.29. The van der Waals surface area contributed by atoms with Gasteiger partial charge in [0.05, 0.1) is 11.3 Å². The lowest BCUT2D eigenvalue weighted by Gasteiger charge is -1.94. The fourth-order valence-electron chi connectivity index (χ4n) is 0.658. The lowest BCUT2D eigenvalue weighted by Crippen LogP contribution is -1.94. The van der Waals surface area contributed by atoms with Crippen LogP contribution < -0.4 is 5.32 Å². The second-order valence-corrected chi connectivity index (χ2v) is 4.86. The monoisotopic (exact) mass is 214 g/mol. The average molecular weight is 214 g/mol. The van der Waals surface area contributed by atoms with Crippen LogP contribution in [0.3, 0.4) is 0 Å². The van der Waals surface area contributed by atoms with Gasteiger partial charge in [-0.25, -0.2) is 0 Å². The number of thioether (sulfide) groups is 1. The Labute approximate surface area is 85.4 Å². The van der Waals surface area contributed by atoms with Crippen LogP contribution in [-0.4, -0.2) is 22.0 Å². The zero-order valence-corrected chi connectivity index (χ0v) is 9.08. The maximum Gasteiger partial charge on any atom is 0.206 e. The van der Waals surface area contributed by atoms with Gasteiger partial charge >= 0.3 is 0 Å². The molecule has 1 atom stereocenters. The molecule has 0 saturated heterocycles. The predicted molar refractivity (Wildman–Crippen MR) is 55.0 cm³/mol. The molecule has 1 N–H and O–H groups in total. The van der Waals surface area contributed by atoms with Crippen molar-refractivity contribution < 1.29 is 0 Å². The summed E-state index contributed by atoms with van der Waals surface area (Å²) < 4.78 is 0.838. The summed E-state index contributed by atoms with van der Waals surface area (Å²) in [5.41, 5.74) is 0. The van der Waals surface area contributed by atoms with Gasteiger partial charge in [0.15, 0.2) is 4.34 Å². The highest BCUT2D eigenvalue weighted by Gasteiger charge is 2.07. The number of hydrogen-bond acceptors (Lipinski definition) is 6. The molecule has 0 saturated carbocycles. The molecule has 0 amide bonds. The Balaban J connectivity index is 2.54. The summed E-state index contributed by atoms with van der Waals surface area (Å²) in [5.74, 6) is 0. The molecule has 0 unspecified atom stereocenters. The van der Waals surface area contributed by atoms with Gasteiger partial charge < -0.3 is 5.32 Å². The third-order valence-electron chi connectivity index (χ3n) is 1.19. The van der Waals surface area contributed by atoms with Crippen LogP contribution >= 0.6 is 23.1 Å². The lowest BCUT2D eigenvalue weighted by molar-refractivity contribution is 0.999. The minimum atomic E-state index is -0.0672. The molecule has 4 nitrogen and oxygen atoms in total. The highest BCUT2D eigenvalue weighted by atomic mass is 32.2. The van der Waals surface area contributed by atoms with Crippen molar-refractivity contribution in [3.05, 3.63) is 0 Å². The molecule has 0 aromatic carbocycles. The van der Waals surface area contributed by atoms with E-state index in [0.717, 1.165) is 16.0 Å². The molecule has 1 aromatic rings. The first-order valence-electron chi connectivity index (χ1n) is 3.90. The lowest BCUT2D eigenvalue weighted by atomic mass is 10.5. The first-order valence-corrected chi connectivity index (χ1v) is 5.59. The van der Waals surface area contributed by atoms with Crippen molar-refractivity contribution in [1.82, 2.24) is 10.2 Å². The van der Waals surface area contributed by atoms with Crippen LogP contribution in [0.4, 0.5) is 5.13 Å². The van der Waals surface area contributed by atoms with Crippen molar-refractivity contribution >= 4 is 28.2 Å². The molecular weight excluding hydrogens is 204 g/mol. The Morgan fingerprint density at radius 3 is 3.08 bits per heavy atom. The van der Waals surface area contributed by atoms with Gasteiger partial charge in [-0.05, 0) is 13.8 Å². The molecule has 70 valence electrons. The van der Waals surface area contributed by atoms with E-state index in [1.54, 1.807) is 0 Å². The van der Waals surface area contributed by atoms with E-state index in [9.17, 15) is 0 Å². The number of nitrogens with zero attached hydrogens (tertiary/aromatic N) is 3. The Bertz CT molecular complexity index is 304. The first kappa shape index (κ1) is 10.3. The number of rotatable bonds is 4. The molecule has 0 aliphatic heterocycles. The average Bonchev–Trinajstić information content (AvgIpc) is 2.53. The topological polar surface area (TPSA) is 61.6 Å². The van der Waals surface area contributed by atoms with E-state index in [-0.39, 0.29) is 5.25 Å². The molecule has 0 bridgehead atoms. The molecule has 0 aliphatic carbocycles. The van der Waals surface area contributed by atoms with Crippen molar-refractivity contribution in [2.24, 2.45) is 0 Å². The maximum absolute atomic E-state index is 8.58. The largest absolute Gasteiger partial charge is 0.360 e. The summed E-state index contributed by atoms with van der Waals surface area (Å²) in [5, 5.41) is 20.3. The molecular formula is C7H10N4S2. The maximum atomic E-state index is 8.58. The number of nitriles is 1. The van der Waals surface area contributed by atoms with Crippen molar-refractivity contribution in [2.45, 2.75) is 23.4 Å². The van der Waals surface area contributed by atoms with Crippen molar-refractivity contribution in [3.8, 4) is 6.07 Å². The quantitative estimate of drug-likeness (QED) is 0.776. The molecule has 0 fully saturated rings. The van der Waals surface area contributed by atoms with Crippen molar-refractivity contribution in [3.63, 3.8) is 0 Å². The Morgan fingerprint density at radius 1 is 1.69 bits per heavy atom. The van der Waals surface area contributed by atoms with Gasteiger partial charge in [0, 0.05) is 6.54 Å². The smallest absolute Gasteiger partial charge is 0.206 e. The van der Waals surface area contributed by atoms with Crippen LogP contribution in [0.25, 0.3) is 0 Å². The first-order chi connectivity index (χ1) is 6.26. The third kappa shape index (κ3) is 3.20. The van der Waals surface area contributed by atoms with Gasteiger partial charge in [-0.3, -0.25) is 0 Å². The highest BCUT2D eigenvalue weighted by Crippen LogP contribution is 2.28. The number of hydrogen-bond donors (Lipinski definition) is 1. The van der Waals surface area contributed by atoms with Crippen molar-refractivity contribution in [2.75, 3.05) is 11.9 Å². The van der Waals surface area contributed by atoms with Crippen LogP contribution in [0, 0.1) is 11.3 Å². The van der Waals surface area contributed by atoms with Crippen LogP contribution in [0.1, 0.15) is 13.8 Å². The van der Waals surface area contributed by atoms with E-state index in [2.05, 4.69) is 21.6 Å². The SMILES string of the molecule is CCNc1nnc(S[C@H](C)C#N)s1. The highest BCUT2D eigenvalue weighted by molar-refractivity contribution is 8.01. The number of aromatic nitrogens is 2. The summed E-state index contributed by atoms with van der Waals surface area (Å²) in [6.45, 7) is 4.69. The van der Waals surface area contributed by atoms with Gasteiger partial charge in [0.25, 0.3) is 0 Å². The number of nitrogens with one attached hydrogen (secondary N) is 1. The zero-order chi connectivity index (χ0) is 9.68. The second kappa shape index (κ2) is 5.04. The minimum Gasteiger partial charge on any atom is -0.360 e. The van der Waals surface area contributed by atoms with E-state index in [0.29, 0.717) is 0 Å².